The number of aliphatic imine (C=N–C) groups is 2. The van der Waals surface area contributed by atoms with Gasteiger partial charge in [-0.2, -0.15) is 0 Å². The van der Waals surface area contributed by atoms with Crippen LogP contribution in [0.25, 0.3) is 0 Å². The number of para-hydroxylation sites is 1. The second kappa shape index (κ2) is 3.66. The van der Waals surface area contributed by atoms with Crippen molar-refractivity contribution in [2.45, 2.75) is 6.92 Å². The summed E-state index contributed by atoms with van der Waals surface area (Å²) in [5.41, 5.74) is 0.914. The molecule has 0 N–H and O–H groups in total. The minimum atomic E-state index is 0.691. The zero-order valence-corrected chi connectivity index (χ0v) is 6.49. The highest BCUT2D eigenvalue weighted by atomic mass is 14.9. The summed E-state index contributed by atoms with van der Waals surface area (Å²) in [7, 11) is 0. The molecule has 0 aliphatic carbocycles. The average molecular weight is 146 g/mol. The number of benzene rings is 1. The van der Waals surface area contributed by atoms with Gasteiger partial charge in [-0.05, 0) is 25.8 Å². The van der Waals surface area contributed by atoms with Crippen LogP contribution in [0.2, 0.25) is 0 Å². The summed E-state index contributed by atoms with van der Waals surface area (Å²) in [6, 6.07) is 9.68. The third-order valence-corrected chi connectivity index (χ3v) is 1.28. The van der Waals surface area contributed by atoms with Crippen LogP contribution in [0, 0.1) is 0 Å². The van der Waals surface area contributed by atoms with Crippen molar-refractivity contribution < 1.29 is 0 Å². The Balaban J connectivity index is 2.87. The van der Waals surface area contributed by atoms with E-state index in [1.807, 2.05) is 37.3 Å². The molecule has 56 valence electrons. The van der Waals surface area contributed by atoms with Gasteiger partial charge in [0.2, 0.25) is 0 Å². The van der Waals surface area contributed by atoms with E-state index in [-0.39, 0.29) is 0 Å². The van der Waals surface area contributed by atoms with Crippen LogP contribution in [0.1, 0.15) is 6.92 Å². The molecular weight excluding hydrogens is 136 g/mol. The molecule has 2 nitrogen and oxygen atoms in total. The first kappa shape index (κ1) is 7.66. The fraction of sp³-hybridized carbons (Fsp3) is 0.111. The molecule has 0 radical (unpaired) electrons. The third-order valence-electron chi connectivity index (χ3n) is 1.28. The second-order valence-electron chi connectivity index (χ2n) is 2.15. The first-order valence-electron chi connectivity index (χ1n) is 3.40. The number of nitrogens with zero attached hydrogens (tertiary/aromatic N) is 2. The summed E-state index contributed by atoms with van der Waals surface area (Å²) in [4.78, 5) is 7.85. The Bertz CT molecular complexity index is 262. The van der Waals surface area contributed by atoms with Crippen molar-refractivity contribution in [2.24, 2.45) is 9.98 Å². The summed E-state index contributed by atoms with van der Waals surface area (Å²) in [6.45, 7) is 5.20. The first-order valence-corrected chi connectivity index (χ1v) is 3.40. The molecule has 0 bridgehead atoms. The zero-order valence-electron chi connectivity index (χ0n) is 6.49. The Morgan fingerprint density at radius 1 is 1.27 bits per heavy atom. The highest BCUT2D eigenvalue weighted by Crippen LogP contribution is 2.09. The van der Waals surface area contributed by atoms with Crippen LogP contribution < -0.4 is 0 Å². The lowest BCUT2D eigenvalue weighted by molar-refractivity contribution is 1.45. The summed E-state index contributed by atoms with van der Waals surface area (Å²) < 4.78 is 0. The van der Waals surface area contributed by atoms with Crippen molar-refractivity contribution in [3.8, 4) is 0 Å². The van der Waals surface area contributed by atoms with Gasteiger partial charge >= 0.3 is 0 Å². The Morgan fingerprint density at radius 3 is 2.45 bits per heavy atom. The van der Waals surface area contributed by atoms with Crippen molar-refractivity contribution in [1.82, 2.24) is 0 Å². The molecule has 1 aromatic rings. The summed E-state index contributed by atoms with van der Waals surface area (Å²) in [6.07, 6.45) is 0. The molecule has 2 heteroatoms. The van der Waals surface area contributed by atoms with Crippen LogP contribution in [0.3, 0.4) is 0 Å². The predicted octanol–water partition coefficient (Wildman–Crippen LogP) is 2.44. The Kier molecular flexibility index (Phi) is 2.55. The van der Waals surface area contributed by atoms with Crippen LogP contribution in [0.4, 0.5) is 5.69 Å². The smallest absolute Gasteiger partial charge is 0.125 e. The van der Waals surface area contributed by atoms with E-state index in [0.717, 1.165) is 5.69 Å². The SMILES string of the molecule is C=NC(C)=Nc1ccccc1. The highest BCUT2D eigenvalue weighted by Gasteiger charge is 1.85. The molecule has 0 saturated carbocycles. The largest absolute Gasteiger partial charge is 0.250 e. The van der Waals surface area contributed by atoms with Gasteiger partial charge in [0.05, 0.1) is 5.69 Å². The van der Waals surface area contributed by atoms with Gasteiger partial charge in [-0.1, -0.05) is 18.2 Å². The van der Waals surface area contributed by atoms with Gasteiger partial charge in [-0.15, -0.1) is 0 Å². The van der Waals surface area contributed by atoms with Crippen molar-refractivity contribution in [3.05, 3.63) is 30.3 Å². The molecule has 0 heterocycles. The Labute approximate surface area is 66.3 Å². The molecule has 0 saturated heterocycles. The first-order chi connectivity index (χ1) is 5.33. The van der Waals surface area contributed by atoms with Crippen molar-refractivity contribution in [2.75, 3.05) is 0 Å². The molecule has 1 aromatic carbocycles. The minimum Gasteiger partial charge on any atom is -0.250 e. The molecule has 0 aliphatic heterocycles. The van der Waals surface area contributed by atoms with E-state index in [1.165, 1.54) is 0 Å². The lowest BCUT2D eigenvalue weighted by Gasteiger charge is -1.91. The summed E-state index contributed by atoms with van der Waals surface area (Å²) in [5.74, 6) is 0.691. The van der Waals surface area contributed by atoms with Gasteiger partial charge in [0.1, 0.15) is 5.84 Å². The molecule has 0 aliphatic rings. The molecule has 0 fully saturated rings. The fourth-order valence-corrected chi connectivity index (χ4v) is 0.725. The van der Waals surface area contributed by atoms with E-state index >= 15 is 0 Å². The summed E-state index contributed by atoms with van der Waals surface area (Å²) >= 11 is 0. The van der Waals surface area contributed by atoms with Crippen molar-refractivity contribution in [3.63, 3.8) is 0 Å². The van der Waals surface area contributed by atoms with Gasteiger partial charge in [0.15, 0.2) is 0 Å². The van der Waals surface area contributed by atoms with Crippen LogP contribution in [-0.2, 0) is 0 Å². The van der Waals surface area contributed by atoms with Gasteiger partial charge in [0, 0.05) is 0 Å². The van der Waals surface area contributed by atoms with Crippen LogP contribution in [0.15, 0.2) is 40.3 Å². The zero-order chi connectivity index (χ0) is 8.10. The standard InChI is InChI=1S/C9H10N2/c1-8(10-2)11-9-6-4-3-5-7-9/h3-7H,2H2,1H3. The van der Waals surface area contributed by atoms with E-state index < -0.39 is 0 Å². The van der Waals surface area contributed by atoms with Gasteiger partial charge in [-0.3, -0.25) is 0 Å². The molecular formula is C9H10N2. The molecule has 0 atom stereocenters. The maximum atomic E-state index is 4.16. The Hall–Kier alpha value is -1.44. The number of rotatable bonds is 1. The highest BCUT2D eigenvalue weighted by molar-refractivity contribution is 5.86. The topological polar surface area (TPSA) is 24.7 Å². The van der Waals surface area contributed by atoms with E-state index in [0.29, 0.717) is 5.84 Å². The van der Waals surface area contributed by atoms with E-state index in [2.05, 4.69) is 16.7 Å². The normalized spacial score (nSPS) is 11.2. The van der Waals surface area contributed by atoms with E-state index in [4.69, 9.17) is 0 Å². The van der Waals surface area contributed by atoms with Gasteiger partial charge < -0.3 is 0 Å². The van der Waals surface area contributed by atoms with Crippen LogP contribution >= 0.6 is 0 Å². The fourth-order valence-electron chi connectivity index (χ4n) is 0.725. The molecule has 0 spiro atoms. The average Bonchev–Trinajstić information content (AvgIpc) is 2.06. The molecule has 0 unspecified atom stereocenters. The van der Waals surface area contributed by atoms with Crippen LogP contribution in [0.5, 0.6) is 0 Å². The third kappa shape index (κ3) is 2.34. The molecule has 0 amide bonds. The summed E-state index contributed by atoms with van der Waals surface area (Å²) in [5, 5.41) is 0. The maximum absolute atomic E-state index is 4.16. The molecule has 0 aromatic heterocycles. The minimum absolute atomic E-state index is 0.691. The predicted molar refractivity (Wildman–Crippen MR) is 48.8 cm³/mol. The van der Waals surface area contributed by atoms with Gasteiger partial charge in [-0.25, -0.2) is 9.98 Å². The van der Waals surface area contributed by atoms with Gasteiger partial charge in [0.25, 0.3) is 0 Å². The Morgan fingerprint density at radius 2 is 1.91 bits per heavy atom. The maximum Gasteiger partial charge on any atom is 0.125 e. The van der Waals surface area contributed by atoms with E-state index in [9.17, 15) is 0 Å². The lowest BCUT2D eigenvalue weighted by Crippen LogP contribution is -1.80. The number of hydrogen-bond donors (Lipinski definition) is 0. The quantitative estimate of drug-likeness (QED) is 0.429. The second-order valence-corrected chi connectivity index (χ2v) is 2.15. The number of amidine groups is 1. The molecule has 11 heavy (non-hydrogen) atoms. The lowest BCUT2D eigenvalue weighted by atomic mass is 10.3. The molecule has 1 rings (SSSR count). The van der Waals surface area contributed by atoms with Crippen molar-refractivity contribution in [1.29, 1.82) is 0 Å². The van der Waals surface area contributed by atoms with Crippen molar-refractivity contribution >= 4 is 18.2 Å². The van der Waals surface area contributed by atoms with Crippen LogP contribution in [-0.4, -0.2) is 12.6 Å². The van der Waals surface area contributed by atoms with E-state index in [1.54, 1.807) is 0 Å². The number of hydrogen-bond acceptors (Lipinski definition) is 1. The monoisotopic (exact) mass is 146 g/mol.